The fraction of sp³-hybridized carbons (Fsp3) is 0.667. The Morgan fingerprint density at radius 3 is 2.44 bits per heavy atom. The van der Waals surface area contributed by atoms with E-state index in [9.17, 15) is 4.79 Å². The molecule has 0 bridgehead atoms. The lowest BCUT2D eigenvalue weighted by molar-refractivity contribution is 0.0521. The lowest BCUT2D eigenvalue weighted by Crippen LogP contribution is -2.15. The number of benzene rings is 1. The molecule has 1 atom stereocenters. The largest absolute Gasteiger partial charge is 0.491 e. The van der Waals surface area contributed by atoms with Crippen LogP contribution in [-0.2, 0) is 4.74 Å². The van der Waals surface area contributed by atoms with Crippen LogP contribution in [0.4, 0.5) is 0 Å². The molecule has 3 nitrogen and oxygen atoms in total. The molecule has 0 heterocycles. The Hall–Kier alpha value is -0.780. The average molecular weight is 460 g/mol. The number of rotatable bonds is 12. The summed E-state index contributed by atoms with van der Waals surface area (Å²) < 4.78 is 11.7. The molecule has 25 heavy (non-hydrogen) atoms. The fourth-order valence-corrected chi connectivity index (χ4v) is 3.53. The molecule has 0 radical (unpaired) electrons. The Labute approximate surface area is 167 Å². The Morgan fingerprint density at radius 2 is 1.76 bits per heavy atom. The summed E-state index contributed by atoms with van der Waals surface area (Å²) in [7, 11) is 0. The van der Waals surface area contributed by atoms with Crippen LogP contribution in [0.25, 0.3) is 0 Å². The number of carbonyl (C=O) groups excluding carboxylic acids is 1. The van der Waals surface area contributed by atoms with Crippen molar-refractivity contribution in [3.63, 3.8) is 0 Å². The predicted molar refractivity (Wildman–Crippen MR) is 113 cm³/mol. The molecule has 0 spiro atoms. The number of halogens is 1. The topological polar surface area (TPSA) is 35.5 Å². The second kappa shape index (κ2) is 12.6. The summed E-state index contributed by atoms with van der Waals surface area (Å²) in [6.45, 7) is 9.04. The molecule has 0 aliphatic carbocycles. The number of carbonyl (C=O) groups is 1. The summed E-state index contributed by atoms with van der Waals surface area (Å²) in [6.07, 6.45) is 9.04. The fourth-order valence-electron chi connectivity index (χ4n) is 2.91. The number of aryl methyl sites for hydroxylation is 2. The Kier molecular flexibility index (Phi) is 11.2. The SMILES string of the molecule is CCCCCCCCC(I)COc1c(C)cc(C)cc1C(=O)OCC. The van der Waals surface area contributed by atoms with Gasteiger partial charge in [0.25, 0.3) is 0 Å². The van der Waals surface area contributed by atoms with Crippen molar-refractivity contribution in [3.05, 3.63) is 28.8 Å². The van der Waals surface area contributed by atoms with Crippen LogP contribution in [0.2, 0.25) is 0 Å². The van der Waals surface area contributed by atoms with Crippen LogP contribution in [-0.4, -0.2) is 23.1 Å². The highest BCUT2D eigenvalue weighted by Gasteiger charge is 2.18. The summed E-state index contributed by atoms with van der Waals surface area (Å²) in [6, 6.07) is 3.91. The molecule has 142 valence electrons. The van der Waals surface area contributed by atoms with Crippen molar-refractivity contribution in [2.75, 3.05) is 13.2 Å². The molecule has 0 amide bonds. The first-order valence-corrected chi connectivity index (χ1v) is 10.8. The van der Waals surface area contributed by atoms with E-state index in [0.717, 1.165) is 17.5 Å². The monoisotopic (exact) mass is 460 g/mol. The third-order valence-corrected chi connectivity index (χ3v) is 5.18. The quantitative estimate of drug-likeness (QED) is 0.156. The van der Waals surface area contributed by atoms with E-state index in [-0.39, 0.29) is 5.97 Å². The molecule has 0 saturated heterocycles. The number of alkyl halides is 1. The maximum Gasteiger partial charge on any atom is 0.341 e. The van der Waals surface area contributed by atoms with Gasteiger partial charge in [-0.2, -0.15) is 0 Å². The molecule has 4 heteroatoms. The van der Waals surface area contributed by atoms with E-state index in [4.69, 9.17) is 9.47 Å². The van der Waals surface area contributed by atoms with Crippen molar-refractivity contribution in [3.8, 4) is 5.75 Å². The third kappa shape index (κ3) is 8.43. The van der Waals surface area contributed by atoms with E-state index < -0.39 is 0 Å². The molecule has 1 rings (SSSR count). The highest BCUT2D eigenvalue weighted by molar-refractivity contribution is 14.1. The zero-order chi connectivity index (χ0) is 18.7. The summed E-state index contributed by atoms with van der Waals surface area (Å²) >= 11 is 2.46. The van der Waals surface area contributed by atoms with Crippen molar-refractivity contribution >= 4 is 28.6 Å². The van der Waals surface area contributed by atoms with E-state index in [2.05, 4.69) is 29.5 Å². The molecular weight excluding hydrogens is 427 g/mol. The first kappa shape index (κ1) is 22.3. The van der Waals surface area contributed by atoms with E-state index in [1.165, 1.54) is 38.5 Å². The lowest BCUT2D eigenvalue weighted by atomic mass is 10.1. The Balaban J connectivity index is 2.54. The molecular formula is C21H33IO3. The van der Waals surface area contributed by atoms with Gasteiger partial charge in [0.15, 0.2) is 0 Å². The first-order valence-electron chi connectivity index (χ1n) is 9.54. The van der Waals surface area contributed by atoms with E-state index in [1.54, 1.807) is 0 Å². The maximum absolute atomic E-state index is 12.2. The van der Waals surface area contributed by atoms with Crippen LogP contribution < -0.4 is 4.74 Å². The average Bonchev–Trinajstić information content (AvgIpc) is 2.56. The molecule has 1 unspecified atom stereocenters. The van der Waals surface area contributed by atoms with Gasteiger partial charge < -0.3 is 9.47 Å². The second-order valence-corrected chi connectivity index (χ2v) is 8.41. The van der Waals surface area contributed by atoms with Crippen molar-refractivity contribution in [2.24, 2.45) is 0 Å². The van der Waals surface area contributed by atoms with Gasteiger partial charge in [-0.1, -0.05) is 74.1 Å². The number of ether oxygens (including phenoxy) is 2. The standard InChI is InChI=1S/C21H33IO3/c1-5-7-8-9-10-11-12-18(22)15-25-20-17(4)13-16(3)14-19(20)21(23)24-6-2/h13-14,18H,5-12,15H2,1-4H3. The van der Waals surface area contributed by atoms with Crippen LogP contribution >= 0.6 is 22.6 Å². The zero-order valence-corrected chi connectivity index (χ0v) is 18.4. The molecule has 0 aliphatic rings. The van der Waals surface area contributed by atoms with Gasteiger partial charge in [-0.05, 0) is 44.4 Å². The highest BCUT2D eigenvalue weighted by atomic mass is 127. The zero-order valence-electron chi connectivity index (χ0n) is 16.2. The van der Waals surface area contributed by atoms with Crippen LogP contribution in [0.5, 0.6) is 5.75 Å². The van der Waals surface area contributed by atoms with Gasteiger partial charge >= 0.3 is 5.97 Å². The van der Waals surface area contributed by atoms with Crippen LogP contribution in [0.3, 0.4) is 0 Å². The van der Waals surface area contributed by atoms with Gasteiger partial charge in [0.1, 0.15) is 11.3 Å². The molecule has 1 aromatic rings. The van der Waals surface area contributed by atoms with Crippen molar-refractivity contribution in [1.29, 1.82) is 0 Å². The molecule has 0 fully saturated rings. The molecule has 0 aromatic heterocycles. The first-order chi connectivity index (χ1) is 12.0. The maximum atomic E-state index is 12.2. The summed E-state index contributed by atoms with van der Waals surface area (Å²) in [5.74, 6) is 0.374. The number of hydrogen-bond acceptors (Lipinski definition) is 3. The number of unbranched alkanes of at least 4 members (excludes halogenated alkanes) is 5. The minimum absolute atomic E-state index is 0.301. The molecule has 1 aromatic carbocycles. The highest BCUT2D eigenvalue weighted by Crippen LogP contribution is 2.27. The van der Waals surface area contributed by atoms with Gasteiger partial charge in [-0.25, -0.2) is 4.79 Å². The Bertz CT molecular complexity index is 528. The van der Waals surface area contributed by atoms with Crippen LogP contribution in [0.15, 0.2) is 12.1 Å². The lowest BCUT2D eigenvalue weighted by Gasteiger charge is -2.17. The summed E-state index contributed by atoms with van der Waals surface area (Å²) in [4.78, 5) is 12.2. The molecule has 0 N–H and O–H groups in total. The summed E-state index contributed by atoms with van der Waals surface area (Å²) in [5.41, 5.74) is 2.58. The smallest absolute Gasteiger partial charge is 0.341 e. The van der Waals surface area contributed by atoms with Gasteiger partial charge in [-0.3, -0.25) is 0 Å². The number of esters is 1. The van der Waals surface area contributed by atoms with Crippen molar-refractivity contribution < 1.29 is 14.3 Å². The van der Waals surface area contributed by atoms with Gasteiger partial charge in [0.2, 0.25) is 0 Å². The van der Waals surface area contributed by atoms with Crippen molar-refractivity contribution in [1.82, 2.24) is 0 Å². The number of hydrogen-bond donors (Lipinski definition) is 0. The Morgan fingerprint density at radius 1 is 1.08 bits per heavy atom. The van der Waals surface area contributed by atoms with Gasteiger partial charge in [0.05, 0.1) is 13.2 Å². The van der Waals surface area contributed by atoms with E-state index in [1.807, 2.05) is 32.9 Å². The van der Waals surface area contributed by atoms with Crippen LogP contribution in [0, 0.1) is 13.8 Å². The minimum atomic E-state index is -0.301. The summed E-state index contributed by atoms with van der Waals surface area (Å²) in [5, 5.41) is 0. The van der Waals surface area contributed by atoms with Gasteiger partial charge in [0, 0.05) is 3.92 Å². The van der Waals surface area contributed by atoms with Crippen molar-refractivity contribution in [2.45, 2.75) is 76.6 Å². The molecule has 0 aliphatic heterocycles. The molecule has 0 saturated carbocycles. The predicted octanol–water partition coefficient (Wildman–Crippen LogP) is 6.41. The third-order valence-electron chi connectivity index (χ3n) is 4.19. The van der Waals surface area contributed by atoms with E-state index in [0.29, 0.717) is 28.5 Å². The van der Waals surface area contributed by atoms with Gasteiger partial charge in [-0.15, -0.1) is 0 Å². The van der Waals surface area contributed by atoms with Crippen LogP contribution in [0.1, 0.15) is 80.3 Å². The minimum Gasteiger partial charge on any atom is -0.491 e. The second-order valence-electron chi connectivity index (χ2n) is 6.64. The normalized spacial score (nSPS) is 12.0. The van der Waals surface area contributed by atoms with E-state index >= 15 is 0 Å².